The van der Waals surface area contributed by atoms with Gasteiger partial charge in [0.2, 0.25) is 0 Å². The van der Waals surface area contributed by atoms with Crippen molar-refractivity contribution >= 4 is 27.8 Å². The van der Waals surface area contributed by atoms with Gasteiger partial charge >= 0.3 is 0 Å². The van der Waals surface area contributed by atoms with Gasteiger partial charge in [0.15, 0.2) is 0 Å². The molecule has 0 aliphatic carbocycles. The molecule has 5 nitrogen and oxygen atoms in total. The van der Waals surface area contributed by atoms with E-state index in [1.807, 2.05) is 66.3 Å². The molecule has 24 heavy (non-hydrogen) atoms. The van der Waals surface area contributed by atoms with E-state index in [9.17, 15) is 4.79 Å². The van der Waals surface area contributed by atoms with Crippen LogP contribution >= 0.6 is 0 Å². The van der Waals surface area contributed by atoms with Crippen LogP contribution in [0.15, 0.2) is 54.7 Å². The smallest absolute Gasteiger partial charge is 0.251 e. The molecule has 0 aliphatic rings. The SMILES string of the molecule is Cn1ccc2ccc(C(=O)NCCc3nc4ccccc4[nH]3)cc21. The van der Waals surface area contributed by atoms with Crippen molar-refractivity contribution in [2.75, 3.05) is 6.54 Å². The fourth-order valence-electron chi connectivity index (χ4n) is 2.92. The van der Waals surface area contributed by atoms with Gasteiger partial charge in [0.1, 0.15) is 5.82 Å². The molecule has 4 rings (SSSR count). The van der Waals surface area contributed by atoms with Crippen molar-refractivity contribution in [3.63, 3.8) is 0 Å². The van der Waals surface area contributed by atoms with Gasteiger partial charge < -0.3 is 14.9 Å². The molecule has 0 spiro atoms. The van der Waals surface area contributed by atoms with E-state index in [1.165, 1.54) is 0 Å². The second-order valence-corrected chi connectivity index (χ2v) is 5.91. The molecule has 120 valence electrons. The highest BCUT2D eigenvalue weighted by molar-refractivity contribution is 5.98. The first-order valence-electron chi connectivity index (χ1n) is 7.97. The Morgan fingerprint density at radius 1 is 1.21 bits per heavy atom. The quantitative estimate of drug-likeness (QED) is 0.607. The molecule has 2 heterocycles. The highest BCUT2D eigenvalue weighted by Crippen LogP contribution is 2.16. The number of rotatable bonds is 4. The van der Waals surface area contributed by atoms with Gasteiger partial charge in [0, 0.05) is 37.3 Å². The standard InChI is InChI=1S/C19H18N4O/c1-23-11-9-13-6-7-14(12-17(13)23)19(24)20-10-8-18-21-15-4-2-3-5-16(15)22-18/h2-7,9,11-12H,8,10H2,1H3,(H,20,24)(H,21,22). The van der Waals surface area contributed by atoms with E-state index in [2.05, 4.69) is 15.3 Å². The van der Waals surface area contributed by atoms with Crippen LogP contribution in [0.25, 0.3) is 21.9 Å². The third-order valence-electron chi connectivity index (χ3n) is 4.24. The molecule has 0 saturated carbocycles. The van der Waals surface area contributed by atoms with Gasteiger partial charge in [0.25, 0.3) is 5.91 Å². The van der Waals surface area contributed by atoms with Gasteiger partial charge in [-0.05, 0) is 35.7 Å². The zero-order valence-corrected chi connectivity index (χ0v) is 13.4. The number of carbonyl (C=O) groups excluding carboxylic acids is 1. The first-order valence-corrected chi connectivity index (χ1v) is 7.97. The molecular formula is C19H18N4O. The van der Waals surface area contributed by atoms with Crippen molar-refractivity contribution in [1.29, 1.82) is 0 Å². The molecule has 0 unspecified atom stereocenters. The molecule has 2 N–H and O–H groups in total. The molecule has 0 bridgehead atoms. The summed E-state index contributed by atoms with van der Waals surface area (Å²) in [5.74, 6) is 0.823. The average Bonchev–Trinajstić information content (AvgIpc) is 3.18. The number of hydrogen-bond acceptors (Lipinski definition) is 2. The predicted molar refractivity (Wildman–Crippen MR) is 95.0 cm³/mol. The summed E-state index contributed by atoms with van der Waals surface area (Å²) >= 11 is 0. The highest BCUT2D eigenvalue weighted by Gasteiger charge is 2.08. The molecule has 0 fully saturated rings. The lowest BCUT2D eigenvalue weighted by atomic mass is 10.1. The van der Waals surface area contributed by atoms with E-state index >= 15 is 0 Å². The van der Waals surface area contributed by atoms with E-state index < -0.39 is 0 Å². The number of nitrogens with one attached hydrogen (secondary N) is 2. The second kappa shape index (κ2) is 5.85. The number of amides is 1. The molecule has 5 heteroatoms. The summed E-state index contributed by atoms with van der Waals surface area (Å²) in [6, 6.07) is 15.7. The maximum atomic E-state index is 12.3. The van der Waals surface area contributed by atoms with Crippen LogP contribution in [0.3, 0.4) is 0 Å². The van der Waals surface area contributed by atoms with Crippen molar-refractivity contribution in [1.82, 2.24) is 19.9 Å². The first kappa shape index (κ1) is 14.5. The predicted octanol–water partition coefficient (Wildman–Crippen LogP) is 3.03. The zero-order chi connectivity index (χ0) is 16.5. The van der Waals surface area contributed by atoms with Gasteiger partial charge in [-0.2, -0.15) is 0 Å². The molecular weight excluding hydrogens is 300 g/mol. The fraction of sp³-hybridized carbons (Fsp3) is 0.158. The number of H-pyrrole nitrogens is 1. The average molecular weight is 318 g/mol. The summed E-state index contributed by atoms with van der Waals surface area (Å²) in [4.78, 5) is 20.1. The Bertz CT molecular complexity index is 995. The number of para-hydroxylation sites is 2. The van der Waals surface area contributed by atoms with E-state index in [4.69, 9.17) is 0 Å². The third kappa shape index (κ3) is 2.65. The number of benzene rings is 2. The maximum Gasteiger partial charge on any atom is 0.251 e. The highest BCUT2D eigenvalue weighted by atomic mass is 16.1. The molecule has 0 saturated heterocycles. The zero-order valence-electron chi connectivity index (χ0n) is 13.4. The van der Waals surface area contributed by atoms with Gasteiger partial charge in [-0.25, -0.2) is 4.98 Å². The Morgan fingerprint density at radius 2 is 2.08 bits per heavy atom. The van der Waals surface area contributed by atoms with E-state index in [0.29, 0.717) is 18.5 Å². The number of fused-ring (bicyclic) bond motifs is 2. The van der Waals surface area contributed by atoms with Crippen molar-refractivity contribution in [2.45, 2.75) is 6.42 Å². The Labute approximate surface area is 139 Å². The van der Waals surface area contributed by atoms with Crippen LogP contribution in [0.4, 0.5) is 0 Å². The van der Waals surface area contributed by atoms with Crippen LogP contribution in [0.5, 0.6) is 0 Å². The number of hydrogen-bond donors (Lipinski definition) is 2. The number of aromatic nitrogens is 3. The van der Waals surface area contributed by atoms with Crippen molar-refractivity contribution in [3.05, 3.63) is 66.1 Å². The summed E-state index contributed by atoms with van der Waals surface area (Å²) in [6.07, 6.45) is 2.67. The van der Waals surface area contributed by atoms with Crippen LogP contribution in [-0.2, 0) is 13.5 Å². The Balaban J connectivity index is 1.42. The maximum absolute atomic E-state index is 12.3. The summed E-state index contributed by atoms with van der Waals surface area (Å²) in [5.41, 5.74) is 3.70. The fourth-order valence-corrected chi connectivity index (χ4v) is 2.92. The van der Waals surface area contributed by atoms with Gasteiger partial charge in [0.05, 0.1) is 11.0 Å². The minimum atomic E-state index is -0.0609. The molecule has 2 aromatic heterocycles. The number of aromatic amines is 1. The molecule has 0 radical (unpaired) electrons. The summed E-state index contributed by atoms with van der Waals surface area (Å²) in [6.45, 7) is 0.545. The van der Waals surface area contributed by atoms with Crippen LogP contribution in [0.1, 0.15) is 16.2 Å². The van der Waals surface area contributed by atoms with E-state index in [0.717, 1.165) is 27.8 Å². The van der Waals surface area contributed by atoms with Crippen molar-refractivity contribution in [2.24, 2.45) is 7.05 Å². The van der Waals surface area contributed by atoms with Gasteiger partial charge in [-0.3, -0.25) is 4.79 Å². The summed E-state index contributed by atoms with van der Waals surface area (Å²) in [7, 11) is 1.98. The Morgan fingerprint density at radius 3 is 2.96 bits per heavy atom. The molecule has 4 aromatic rings. The van der Waals surface area contributed by atoms with Crippen LogP contribution in [0.2, 0.25) is 0 Å². The number of imidazole rings is 1. The minimum absolute atomic E-state index is 0.0609. The van der Waals surface area contributed by atoms with Crippen LogP contribution < -0.4 is 5.32 Å². The summed E-state index contributed by atoms with van der Waals surface area (Å²) in [5, 5.41) is 4.10. The monoisotopic (exact) mass is 318 g/mol. The van der Waals surface area contributed by atoms with Gasteiger partial charge in [-0.15, -0.1) is 0 Å². The largest absolute Gasteiger partial charge is 0.352 e. The van der Waals surface area contributed by atoms with Crippen molar-refractivity contribution < 1.29 is 4.79 Å². The van der Waals surface area contributed by atoms with Crippen LogP contribution in [-0.4, -0.2) is 27.0 Å². The topological polar surface area (TPSA) is 62.7 Å². The van der Waals surface area contributed by atoms with E-state index in [-0.39, 0.29) is 5.91 Å². The van der Waals surface area contributed by atoms with E-state index in [1.54, 1.807) is 0 Å². The normalized spacial score (nSPS) is 11.2. The first-order chi connectivity index (χ1) is 11.7. The lowest BCUT2D eigenvalue weighted by Gasteiger charge is -2.05. The third-order valence-corrected chi connectivity index (χ3v) is 4.24. The molecule has 0 atom stereocenters. The summed E-state index contributed by atoms with van der Waals surface area (Å²) < 4.78 is 2.01. The van der Waals surface area contributed by atoms with Gasteiger partial charge in [-0.1, -0.05) is 18.2 Å². The lowest BCUT2D eigenvalue weighted by molar-refractivity contribution is 0.0954. The van der Waals surface area contributed by atoms with Crippen molar-refractivity contribution in [3.8, 4) is 0 Å². The number of aryl methyl sites for hydroxylation is 1. The molecule has 1 amide bonds. The molecule has 0 aliphatic heterocycles. The lowest BCUT2D eigenvalue weighted by Crippen LogP contribution is -2.25. The number of nitrogens with zero attached hydrogens (tertiary/aromatic N) is 2. The Kier molecular flexibility index (Phi) is 3.54. The number of carbonyl (C=O) groups is 1. The van der Waals surface area contributed by atoms with Crippen LogP contribution in [0, 0.1) is 0 Å². The second-order valence-electron chi connectivity index (χ2n) is 5.91. The Hall–Kier alpha value is -3.08. The molecule has 2 aromatic carbocycles. The minimum Gasteiger partial charge on any atom is -0.352 e.